The predicted molar refractivity (Wildman–Crippen MR) is 157 cm³/mol. The van der Waals surface area contributed by atoms with E-state index in [1.165, 1.54) is 58.8 Å². The summed E-state index contributed by atoms with van der Waals surface area (Å²) in [4.78, 5) is 11.3. The summed E-state index contributed by atoms with van der Waals surface area (Å²) in [7, 11) is -0.446. The largest absolute Gasteiger partial charge is 0.577 e. The van der Waals surface area contributed by atoms with Crippen LogP contribution in [0, 0.1) is 4.91 Å². The summed E-state index contributed by atoms with van der Waals surface area (Å²) in [6.07, 6.45) is 11.2. The van der Waals surface area contributed by atoms with Gasteiger partial charge in [-0.1, -0.05) is 147 Å². The molecule has 1 aliphatic carbocycles. The maximum absolute atomic E-state index is 7.25. The van der Waals surface area contributed by atoms with E-state index in [0.717, 1.165) is 0 Å². The summed E-state index contributed by atoms with van der Waals surface area (Å²) in [6.45, 7) is 0. The normalized spacial score (nSPS) is 11.5. The molecule has 189 valence electrons. The fourth-order valence-corrected chi connectivity index (χ4v) is 6.39. The van der Waals surface area contributed by atoms with Crippen molar-refractivity contribution in [2.75, 3.05) is 0 Å². The molecule has 37 heavy (non-hydrogen) atoms. The molecule has 1 radical (unpaired) electrons. The molecular weight excluding hydrogens is 646 g/mol. The van der Waals surface area contributed by atoms with E-state index in [0.29, 0.717) is 0 Å². The monoisotopic (exact) mass is 678 g/mol. The molecule has 3 nitrogen and oxygen atoms in total. The molecule has 0 spiro atoms. The Labute approximate surface area is 235 Å². The second-order valence-corrected chi connectivity index (χ2v) is 10.6. The summed E-state index contributed by atoms with van der Waals surface area (Å²) in [6, 6.07) is 42.5. The summed E-state index contributed by atoms with van der Waals surface area (Å²) in [5.41, 5.74) is 5.75. The zero-order valence-electron chi connectivity index (χ0n) is 20.9. The van der Waals surface area contributed by atoms with Gasteiger partial charge in [-0.2, -0.15) is 0 Å². The van der Waals surface area contributed by atoms with E-state index >= 15 is 0 Å². The van der Waals surface area contributed by atoms with Crippen LogP contribution >= 0.6 is 7.92 Å². The van der Waals surface area contributed by atoms with Crippen LogP contribution in [-0.4, -0.2) is 4.98 Å². The van der Waals surface area contributed by atoms with Crippen LogP contribution in [0.3, 0.4) is 0 Å². The van der Waals surface area contributed by atoms with Gasteiger partial charge in [0.2, 0.25) is 0 Å². The van der Waals surface area contributed by atoms with Crippen molar-refractivity contribution < 1.29 is 20.4 Å². The number of nitroso groups, excluding NO2 is 1. The van der Waals surface area contributed by atoms with E-state index in [-0.39, 0.29) is 20.4 Å². The molecule has 1 saturated carbocycles. The molecule has 0 N–H and O–H groups in total. The molecule has 6 rings (SSSR count). The Kier molecular flexibility index (Phi) is 14.9. The Bertz CT molecular complexity index is 1090. The first-order valence-corrected chi connectivity index (χ1v) is 13.7. The first-order chi connectivity index (χ1) is 17.9. The van der Waals surface area contributed by atoms with Crippen LogP contribution in [0.1, 0.15) is 32.1 Å². The van der Waals surface area contributed by atoms with Crippen LogP contribution in [0.2, 0.25) is 0 Å². The van der Waals surface area contributed by atoms with Crippen molar-refractivity contribution in [2.45, 2.75) is 32.1 Å². The Morgan fingerprint density at radius 3 is 1.22 bits per heavy atom. The number of hydrogen-bond donors (Lipinski definition) is 0. The van der Waals surface area contributed by atoms with Crippen molar-refractivity contribution in [3.05, 3.63) is 144 Å². The molecule has 4 aromatic carbocycles. The molecule has 5 heteroatoms. The van der Waals surface area contributed by atoms with Gasteiger partial charge >= 0.3 is 0 Å². The average molecular weight is 678 g/mol. The number of pyridine rings is 1. The van der Waals surface area contributed by atoms with Crippen LogP contribution in [-0.2, 0) is 20.4 Å². The van der Waals surface area contributed by atoms with Gasteiger partial charge in [-0.05, 0) is 40.7 Å². The van der Waals surface area contributed by atoms with Gasteiger partial charge in [-0.25, -0.2) is 0 Å². The number of benzene rings is 4. The van der Waals surface area contributed by atoms with Gasteiger partial charge in [0.15, 0.2) is 0 Å². The number of aromatic nitrogens is 1. The third-order valence-electron chi connectivity index (χ3n) is 5.84. The second-order valence-electron chi connectivity index (χ2n) is 8.33. The molecule has 1 aliphatic rings. The molecule has 0 amide bonds. The average Bonchev–Trinajstić information content (AvgIpc) is 3.57. The van der Waals surface area contributed by atoms with Gasteiger partial charge in [0.05, 0.1) is 0 Å². The molecule has 5 aromatic rings. The minimum atomic E-state index is -0.446. The van der Waals surface area contributed by atoms with Crippen molar-refractivity contribution in [2.24, 2.45) is 0 Å². The van der Waals surface area contributed by atoms with Crippen LogP contribution in [0.4, 0.5) is 0 Å². The molecular formula is C32H32N2OPRe-. The van der Waals surface area contributed by atoms with Crippen LogP contribution < -0.4 is 15.9 Å². The fourth-order valence-electron chi connectivity index (χ4n) is 4.09. The Hall–Kier alpha value is -3.02. The van der Waals surface area contributed by atoms with Gasteiger partial charge < -0.3 is 10.5 Å². The zero-order chi connectivity index (χ0) is 25.3. The minimum absolute atomic E-state index is 0. The van der Waals surface area contributed by atoms with Crippen molar-refractivity contribution in [1.82, 2.24) is 4.98 Å². The Morgan fingerprint density at radius 2 is 0.838 bits per heavy atom. The third kappa shape index (κ3) is 10.1. The maximum Gasteiger partial charge on any atom is 0.0346 e. The van der Waals surface area contributed by atoms with Gasteiger partial charge in [0.25, 0.3) is 0 Å². The van der Waals surface area contributed by atoms with Crippen LogP contribution in [0.15, 0.2) is 134 Å². The van der Waals surface area contributed by atoms with Crippen molar-refractivity contribution in [3.63, 3.8) is 0 Å². The van der Waals surface area contributed by atoms with Gasteiger partial charge in [0, 0.05) is 32.8 Å². The molecule has 0 bridgehead atoms. The van der Waals surface area contributed by atoms with E-state index < -0.39 is 7.92 Å². The SMILES string of the molecule is C1CCCC1.[N-]=O.[Re].c1ccc(P(c2ccccc2)c2ccccc2)cc1.c1ccc2cnccc2c1. The summed E-state index contributed by atoms with van der Waals surface area (Å²) in [5.74, 6) is 0. The molecule has 0 saturated heterocycles. The van der Waals surface area contributed by atoms with Crippen molar-refractivity contribution in [3.8, 4) is 0 Å². The number of hydrogen-bond acceptors (Lipinski definition) is 2. The second kappa shape index (κ2) is 18.3. The maximum atomic E-state index is 7.25. The summed E-state index contributed by atoms with van der Waals surface area (Å²) < 4.78 is 0. The Morgan fingerprint density at radius 1 is 0.486 bits per heavy atom. The molecule has 0 aliphatic heterocycles. The van der Waals surface area contributed by atoms with E-state index in [9.17, 15) is 0 Å². The first-order valence-electron chi connectivity index (χ1n) is 12.3. The van der Waals surface area contributed by atoms with Crippen molar-refractivity contribution >= 4 is 34.6 Å². The zero-order valence-corrected chi connectivity index (χ0v) is 24.5. The summed E-state index contributed by atoms with van der Waals surface area (Å²) in [5, 5.41) is 6.64. The third-order valence-corrected chi connectivity index (χ3v) is 8.29. The number of nitrogens with zero attached hydrogens (tertiary/aromatic N) is 2. The first kappa shape index (κ1) is 30.2. The van der Waals surface area contributed by atoms with Crippen LogP contribution in [0.5, 0.6) is 0 Å². The van der Waals surface area contributed by atoms with Gasteiger partial charge in [0.1, 0.15) is 0 Å². The smallest absolute Gasteiger partial charge is 0.0346 e. The Balaban J connectivity index is 0.000000223. The quantitative estimate of drug-likeness (QED) is 0.182. The molecule has 0 unspecified atom stereocenters. The predicted octanol–water partition coefficient (Wildman–Crippen LogP) is 7.95. The molecule has 1 aromatic heterocycles. The number of fused-ring (bicyclic) bond motifs is 1. The molecule has 1 fully saturated rings. The molecule has 1 heterocycles. The van der Waals surface area contributed by atoms with Crippen LogP contribution in [0.25, 0.3) is 16.4 Å². The van der Waals surface area contributed by atoms with Gasteiger partial charge in [-0.15, -0.1) is 0 Å². The minimum Gasteiger partial charge on any atom is -0.577 e. The topological polar surface area (TPSA) is 52.3 Å². The standard InChI is InChI=1S/C18H15P.C9H7N.C5H10.NO.Re/c1-4-10-16(11-5-1)19(17-12-6-2-7-13-17)18-14-8-3-9-15-18;1-2-4-9-7-10-6-5-8(9)3-1;1-2-4-5-3-1;1-2;/h1-15H;1-7H;1-5H2;;/q;;;-1;. The van der Waals surface area contributed by atoms with E-state index in [1.807, 2.05) is 30.6 Å². The fraction of sp³-hybridized carbons (Fsp3) is 0.156. The van der Waals surface area contributed by atoms with E-state index in [4.69, 9.17) is 10.5 Å². The molecule has 0 atom stereocenters. The number of rotatable bonds is 3. The van der Waals surface area contributed by atoms with Gasteiger partial charge in [-0.3, -0.25) is 4.98 Å². The van der Waals surface area contributed by atoms with E-state index in [1.54, 1.807) is 0 Å². The van der Waals surface area contributed by atoms with Crippen molar-refractivity contribution in [1.29, 1.82) is 0 Å². The van der Waals surface area contributed by atoms with E-state index in [2.05, 4.69) is 108 Å². The summed E-state index contributed by atoms with van der Waals surface area (Å²) >= 11 is 0.